The maximum atomic E-state index is 4.22. The number of aromatic nitrogens is 2. The van der Waals surface area contributed by atoms with Crippen LogP contribution in [-0.4, -0.2) is 9.55 Å². The molecular formula is C11H15N3S. The molecule has 80 valence electrons. The highest BCUT2D eigenvalue weighted by Crippen LogP contribution is 2.04. The maximum absolute atomic E-state index is 4.22. The lowest BCUT2D eigenvalue weighted by atomic mass is 10.3. The van der Waals surface area contributed by atoms with E-state index in [-0.39, 0.29) is 0 Å². The third-order valence-electron chi connectivity index (χ3n) is 2.27. The van der Waals surface area contributed by atoms with E-state index < -0.39 is 0 Å². The van der Waals surface area contributed by atoms with Gasteiger partial charge in [0.1, 0.15) is 5.01 Å². The highest BCUT2D eigenvalue weighted by Gasteiger charge is 1.97. The SMILES string of the molecule is CCn1ccc(CNCc2nccs2)c1. The zero-order valence-corrected chi connectivity index (χ0v) is 9.63. The minimum atomic E-state index is 0.856. The number of hydrogen-bond acceptors (Lipinski definition) is 3. The molecule has 0 aliphatic carbocycles. The summed E-state index contributed by atoms with van der Waals surface area (Å²) in [6.45, 7) is 4.95. The summed E-state index contributed by atoms with van der Waals surface area (Å²) >= 11 is 1.69. The molecular weight excluding hydrogens is 206 g/mol. The van der Waals surface area contributed by atoms with Crippen molar-refractivity contribution in [3.63, 3.8) is 0 Å². The van der Waals surface area contributed by atoms with E-state index in [2.05, 4.69) is 40.3 Å². The van der Waals surface area contributed by atoms with Crippen molar-refractivity contribution >= 4 is 11.3 Å². The molecule has 4 heteroatoms. The molecule has 2 heterocycles. The topological polar surface area (TPSA) is 29.9 Å². The van der Waals surface area contributed by atoms with Crippen LogP contribution in [0.1, 0.15) is 17.5 Å². The predicted molar refractivity (Wildman–Crippen MR) is 62.8 cm³/mol. The van der Waals surface area contributed by atoms with Crippen molar-refractivity contribution in [1.29, 1.82) is 0 Å². The average molecular weight is 221 g/mol. The summed E-state index contributed by atoms with van der Waals surface area (Å²) in [4.78, 5) is 4.22. The van der Waals surface area contributed by atoms with Crippen molar-refractivity contribution in [2.45, 2.75) is 26.6 Å². The van der Waals surface area contributed by atoms with Gasteiger partial charge in [-0.1, -0.05) is 0 Å². The lowest BCUT2D eigenvalue weighted by molar-refractivity contribution is 0.685. The molecule has 0 amide bonds. The van der Waals surface area contributed by atoms with Gasteiger partial charge >= 0.3 is 0 Å². The molecule has 3 nitrogen and oxygen atoms in total. The summed E-state index contributed by atoms with van der Waals surface area (Å²) in [5, 5.41) is 6.52. The Morgan fingerprint density at radius 3 is 3.07 bits per heavy atom. The van der Waals surface area contributed by atoms with E-state index in [4.69, 9.17) is 0 Å². The summed E-state index contributed by atoms with van der Waals surface area (Å²) < 4.78 is 2.18. The molecule has 2 aromatic rings. The van der Waals surface area contributed by atoms with E-state index in [0.29, 0.717) is 0 Å². The molecule has 0 unspecified atom stereocenters. The van der Waals surface area contributed by atoms with Crippen molar-refractivity contribution in [3.05, 3.63) is 40.6 Å². The minimum Gasteiger partial charge on any atom is -0.354 e. The number of rotatable bonds is 5. The van der Waals surface area contributed by atoms with Crippen LogP contribution in [0.5, 0.6) is 0 Å². The smallest absolute Gasteiger partial charge is 0.106 e. The van der Waals surface area contributed by atoms with Gasteiger partial charge < -0.3 is 9.88 Å². The molecule has 0 radical (unpaired) electrons. The molecule has 0 aliphatic heterocycles. The van der Waals surface area contributed by atoms with Crippen LogP contribution in [0.15, 0.2) is 30.0 Å². The predicted octanol–water partition coefficient (Wildman–Crippen LogP) is 2.25. The van der Waals surface area contributed by atoms with Gasteiger partial charge in [-0.3, -0.25) is 0 Å². The molecule has 0 atom stereocenters. The van der Waals surface area contributed by atoms with Gasteiger partial charge in [0.15, 0.2) is 0 Å². The van der Waals surface area contributed by atoms with Crippen LogP contribution in [0.2, 0.25) is 0 Å². The van der Waals surface area contributed by atoms with Crippen LogP contribution in [0.25, 0.3) is 0 Å². The molecule has 0 aliphatic rings. The van der Waals surface area contributed by atoms with E-state index in [1.165, 1.54) is 5.56 Å². The Balaban J connectivity index is 1.78. The zero-order valence-electron chi connectivity index (χ0n) is 8.81. The summed E-state index contributed by atoms with van der Waals surface area (Å²) in [6.07, 6.45) is 6.13. The molecule has 0 saturated heterocycles. The first-order chi connectivity index (χ1) is 7.38. The van der Waals surface area contributed by atoms with Crippen LogP contribution in [0.3, 0.4) is 0 Å². The summed E-state index contributed by atoms with van der Waals surface area (Å²) in [6, 6.07) is 2.15. The molecule has 0 bridgehead atoms. The number of aryl methyl sites for hydroxylation is 1. The van der Waals surface area contributed by atoms with Crippen molar-refractivity contribution in [2.24, 2.45) is 0 Å². The van der Waals surface area contributed by atoms with E-state index in [0.717, 1.165) is 24.6 Å². The first-order valence-corrected chi connectivity index (χ1v) is 6.00. The fraction of sp³-hybridized carbons (Fsp3) is 0.364. The van der Waals surface area contributed by atoms with Gasteiger partial charge in [0, 0.05) is 43.6 Å². The molecule has 0 saturated carbocycles. The normalized spacial score (nSPS) is 10.7. The van der Waals surface area contributed by atoms with Gasteiger partial charge in [0.2, 0.25) is 0 Å². The van der Waals surface area contributed by atoms with Gasteiger partial charge in [-0.2, -0.15) is 0 Å². The maximum Gasteiger partial charge on any atom is 0.106 e. The molecule has 1 N–H and O–H groups in total. The Kier molecular flexibility index (Phi) is 3.53. The lowest BCUT2D eigenvalue weighted by Crippen LogP contribution is -2.11. The van der Waals surface area contributed by atoms with Crippen molar-refractivity contribution in [1.82, 2.24) is 14.9 Å². The summed E-state index contributed by atoms with van der Waals surface area (Å²) in [5.74, 6) is 0. The van der Waals surface area contributed by atoms with Crippen LogP contribution >= 0.6 is 11.3 Å². The van der Waals surface area contributed by atoms with E-state index in [9.17, 15) is 0 Å². The van der Waals surface area contributed by atoms with Crippen molar-refractivity contribution in [3.8, 4) is 0 Å². The van der Waals surface area contributed by atoms with Gasteiger partial charge in [-0.15, -0.1) is 11.3 Å². The van der Waals surface area contributed by atoms with Crippen LogP contribution in [0.4, 0.5) is 0 Å². The fourth-order valence-electron chi connectivity index (χ4n) is 1.45. The molecule has 0 fully saturated rings. The lowest BCUT2D eigenvalue weighted by Gasteiger charge is -1.99. The average Bonchev–Trinajstić information content (AvgIpc) is 2.88. The quantitative estimate of drug-likeness (QED) is 0.839. The molecule has 2 rings (SSSR count). The number of nitrogens with one attached hydrogen (secondary N) is 1. The van der Waals surface area contributed by atoms with Gasteiger partial charge in [0.05, 0.1) is 0 Å². The number of nitrogens with zero attached hydrogens (tertiary/aromatic N) is 2. The second-order valence-electron chi connectivity index (χ2n) is 3.38. The van der Waals surface area contributed by atoms with Crippen LogP contribution in [-0.2, 0) is 19.6 Å². The first-order valence-electron chi connectivity index (χ1n) is 5.12. The Morgan fingerprint density at radius 1 is 1.47 bits per heavy atom. The number of thiazole rings is 1. The second kappa shape index (κ2) is 5.09. The Hall–Kier alpha value is -1.13. The summed E-state index contributed by atoms with van der Waals surface area (Å²) in [5.41, 5.74) is 1.33. The summed E-state index contributed by atoms with van der Waals surface area (Å²) in [7, 11) is 0. The molecule has 2 aromatic heterocycles. The van der Waals surface area contributed by atoms with Crippen molar-refractivity contribution < 1.29 is 0 Å². The van der Waals surface area contributed by atoms with Crippen LogP contribution < -0.4 is 5.32 Å². The van der Waals surface area contributed by atoms with Crippen LogP contribution in [0, 0.1) is 0 Å². The monoisotopic (exact) mass is 221 g/mol. The Morgan fingerprint density at radius 2 is 2.40 bits per heavy atom. The second-order valence-corrected chi connectivity index (χ2v) is 4.36. The zero-order chi connectivity index (χ0) is 10.5. The molecule has 0 spiro atoms. The van der Waals surface area contributed by atoms with E-state index >= 15 is 0 Å². The standard InChI is InChI=1S/C11H15N3S/c1-2-14-5-3-10(9-14)7-12-8-11-13-4-6-15-11/h3-6,9,12H,2,7-8H2,1H3. The van der Waals surface area contributed by atoms with E-state index in [1.807, 2.05) is 11.6 Å². The van der Waals surface area contributed by atoms with Gasteiger partial charge in [0.25, 0.3) is 0 Å². The van der Waals surface area contributed by atoms with Gasteiger partial charge in [-0.05, 0) is 18.6 Å². The fourth-order valence-corrected chi connectivity index (χ4v) is 2.03. The Labute approximate surface area is 93.8 Å². The third-order valence-corrected chi connectivity index (χ3v) is 3.05. The van der Waals surface area contributed by atoms with Gasteiger partial charge in [-0.25, -0.2) is 4.98 Å². The largest absolute Gasteiger partial charge is 0.354 e. The number of hydrogen-bond donors (Lipinski definition) is 1. The Bertz CT molecular complexity index is 392. The highest BCUT2D eigenvalue weighted by atomic mass is 32.1. The highest BCUT2D eigenvalue weighted by molar-refractivity contribution is 7.09. The van der Waals surface area contributed by atoms with Crippen molar-refractivity contribution in [2.75, 3.05) is 0 Å². The molecule has 15 heavy (non-hydrogen) atoms. The third kappa shape index (κ3) is 2.91. The van der Waals surface area contributed by atoms with E-state index in [1.54, 1.807) is 11.3 Å². The minimum absolute atomic E-state index is 0.856. The molecule has 0 aromatic carbocycles. The first kappa shape index (κ1) is 10.4.